The molecule has 1 saturated carbocycles. The van der Waals surface area contributed by atoms with E-state index in [9.17, 15) is 13.2 Å². The summed E-state index contributed by atoms with van der Waals surface area (Å²) in [5, 5.41) is 0. The number of benzene rings is 1. The first kappa shape index (κ1) is 17.4. The maximum Gasteiger partial charge on any atom is 0.253 e. The molecular formula is C18H26N2O3S. The molecular weight excluding hydrogens is 324 g/mol. The molecule has 3 rings (SSSR count). The number of nitrogens with one attached hydrogen (secondary N) is 1. The molecule has 6 heteroatoms. The third-order valence-electron chi connectivity index (χ3n) is 4.96. The summed E-state index contributed by atoms with van der Waals surface area (Å²) in [5.41, 5.74) is 0.464. The second kappa shape index (κ2) is 7.66. The minimum absolute atomic E-state index is 0.0277. The monoisotopic (exact) mass is 350 g/mol. The smallest absolute Gasteiger partial charge is 0.253 e. The zero-order chi connectivity index (χ0) is 17.0. The molecule has 1 aromatic rings. The number of sulfonamides is 1. The van der Waals surface area contributed by atoms with Crippen LogP contribution in [0.2, 0.25) is 0 Å². The molecule has 2 aliphatic rings. The minimum atomic E-state index is -3.56. The lowest BCUT2D eigenvalue weighted by molar-refractivity contribution is 0.0761. The fourth-order valence-corrected chi connectivity index (χ4v) is 4.93. The Hall–Kier alpha value is -1.40. The van der Waals surface area contributed by atoms with Crippen LogP contribution < -0.4 is 4.72 Å². The van der Waals surface area contributed by atoms with E-state index in [4.69, 9.17) is 0 Å². The Morgan fingerprint density at radius 1 is 1.00 bits per heavy atom. The highest BCUT2D eigenvalue weighted by molar-refractivity contribution is 7.89. The normalized spacial score (nSPS) is 20.1. The van der Waals surface area contributed by atoms with Crippen LogP contribution in [0.15, 0.2) is 29.2 Å². The van der Waals surface area contributed by atoms with Gasteiger partial charge >= 0.3 is 0 Å². The first-order valence-corrected chi connectivity index (χ1v) is 10.5. The summed E-state index contributed by atoms with van der Waals surface area (Å²) in [6.45, 7) is 1.52. The van der Waals surface area contributed by atoms with E-state index in [2.05, 4.69) is 4.72 Å². The molecule has 0 unspecified atom stereocenters. The zero-order valence-electron chi connectivity index (χ0n) is 14.0. The highest BCUT2D eigenvalue weighted by Crippen LogP contribution is 2.21. The van der Waals surface area contributed by atoms with Crippen molar-refractivity contribution < 1.29 is 13.2 Å². The molecule has 1 aromatic carbocycles. The summed E-state index contributed by atoms with van der Waals surface area (Å²) >= 11 is 0. The average Bonchev–Trinajstić information content (AvgIpc) is 2.93. The quantitative estimate of drug-likeness (QED) is 0.908. The van der Waals surface area contributed by atoms with Gasteiger partial charge in [0.05, 0.1) is 4.90 Å². The Morgan fingerprint density at radius 2 is 1.67 bits per heavy atom. The van der Waals surface area contributed by atoms with E-state index in [0.717, 1.165) is 64.5 Å². The highest BCUT2D eigenvalue weighted by atomic mass is 32.2. The lowest BCUT2D eigenvalue weighted by Gasteiger charge is -2.20. The van der Waals surface area contributed by atoms with Gasteiger partial charge in [-0.3, -0.25) is 4.79 Å². The second-order valence-electron chi connectivity index (χ2n) is 6.84. The van der Waals surface area contributed by atoms with E-state index in [1.807, 2.05) is 4.90 Å². The van der Waals surface area contributed by atoms with Crippen molar-refractivity contribution >= 4 is 15.9 Å². The highest BCUT2D eigenvalue weighted by Gasteiger charge is 2.24. The van der Waals surface area contributed by atoms with Gasteiger partial charge in [-0.15, -0.1) is 0 Å². The molecule has 1 heterocycles. The zero-order valence-corrected chi connectivity index (χ0v) is 14.9. The summed E-state index contributed by atoms with van der Waals surface area (Å²) < 4.78 is 27.9. The molecule has 0 aromatic heterocycles. The van der Waals surface area contributed by atoms with Crippen molar-refractivity contribution in [2.45, 2.75) is 62.3 Å². The second-order valence-corrected chi connectivity index (χ2v) is 8.55. The Kier molecular flexibility index (Phi) is 5.56. The fraction of sp³-hybridized carbons (Fsp3) is 0.611. The number of carbonyl (C=O) groups excluding carboxylic acids is 1. The van der Waals surface area contributed by atoms with Crippen molar-refractivity contribution in [1.82, 2.24) is 9.62 Å². The third kappa shape index (κ3) is 4.16. The fourth-order valence-electron chi connectivity index (χ4n) is 3.58. The van der Waals surface area contributed by atoms with Crippen molar-refractivity contribution in [3.63, 3.8) is 0 Å². The maximum atomic E-state index is 12.7. The van der Waals surface area contributed by atoms with Crippen LogP contribution in [0.3, 0.4) is 0 Å². The van der Waals surface area contributed by atoms with E-state index in [0.29, 0.717) is 5.56 Å². The third-order valence-corrected chi connectivity index (χ3v) is 6.48. The van der Waals surface area contributed by atoms with Crippen LogP contribution in [0.25, 0.3) is 0 Å². The largest absolute Gasteiger partial charge is 0.339 e. The van der Waals surface area contributed by atoms with Gasteiger partial charge in [-0.25, -0.2) is 13.1 Å². The van der Waals surface area contributed by atoms with Crippen LogP contribution in [0.1, 0.15) is 61.7 Å². The molecule has 1 N–H and O–H groups in total. The topological polar surface area (TPSA) is 66.5 Å². The molecule has 1 aliphatic carbocycles. The first-order chi connectivity index (χ1) is 11.6. The van der Waals surface area contributed by atoms with Crippen molar-refractivity contribution in [2.75, 3.05) is 13.1 Å². The van der Waals surface area contributed by atoms with Gasteiger partial charge in [0.25, 0.3) is 5.91 Å². The Bertz CT molecular complexity index is 673. The van der Waals surface area contributed by atoms with Gasteiger partial charge in [0.2, 0.25) is 10.0 Å². The molecule has 24 heavy (non-hydrogen) atoms. The lowest BCUT2D eigenvalue weighted by atomic mass is 10.2. The van der Waals surface area contributed by atoms with Crippen LogP contribution in [0.5, 0.6) is 0 Å². The van der Waals surface area contributed by atoms with Crippen molar-refractivity contribution in [1.29, 1.82) is 0 Å². The van der Waals surface area contributed by atoms with Crippen LogP contribution in [0.4, 0.5) is 0 Å². The number of hydrogen-bond acceptors (Lipinski definition) is 3. The molecule has 1 amide bonds. The van der Waals surface area contributed by atoms with Crippen molar-refractivity contribution in [2.24, 2.45) is 0 Å². The molecule has 0 atom stereocenters. The summed E-state index contributed by atoms with van der Waals surface area (Å²) in [4.78, 5) is 14.7. The number of nitrogens with zero attached hydrogens (tertiary/aromatic N) is 1. The molecule has 0 radical (unpaired) electrons. The van der Waals surface area contributed by atoms with Gasteiger partial charge in [-0.05, 0) is 43.9 Å². The number of likely N-dealkylation sites (tertiary alicyclic amines) is 1. The van der Waals surface area contributed by atoms with Crippen LogP contribution in [-0.4, -0.2) is 38.4 Å². The summed E-state index contributed by atoms with van der Waals surface area (Å²) in [5.74, 6) is -0.0604. The summed E-state index contributed by atoms with van der Waals surface area (Å²) in [7, 11) is -3.56. The molecule has 1 aliphatic heterocycles. The van der Waals surface area contributed by atoms with Gasteiger partial charge in [0.1, 0.15) is 0 Å². The molecule has 5 nitrogen and oxygen atoms in total. The van der Waals surface area contributed by atoms with Gasteiger partial charge in [0, 0.05) is 24.7 Å². The van der Waals surface area contributed by atoms with E-state index in [-0.39, 0.29) is 16.8 Å². The molecule has 132 valence electrons. The Labute approximate surface area is 144 Å². The Morgan fingerprint density at radius 3 is 2.33 bits per heavy atom. The average molecular weight is 350 g/mol. The van der Waals surface area contributed by atoms with Crippen molar-refractivity contribution in [3.8, 4) is 0 Å². The summed E-state index contributed by atoms with van der Waals surface area (Å²) in [6, 6.07) is 6.48. The van der Waals surface area contributed by atoms with Crippen LogP contribution in [0, 0.1) is 0 Å². The number of carbonyl (C=O) groups is 1. The van der Waals surface area contributed by atoms with E-state index in [1.165, 1.54) is 6.07 Å². The molecule has 0 bridgehead atoms. The standard InChI is InChI=1S/C18H26N2O3S/c21-18(20-12-5-1-2-6-13-20)15-8-7-11-17(14-15)24(22,23)19-16-9-3-4-10-16/h7-8,11,14,16,19H,1-6,9-10,12-13H2. The van der Waals surface area contributed by atoms with Crippen LogP contribution >= 0.6 is 0 Å². The molecule has 0 spiro atoms. The maximum absolute atomic E-state index is 12.7. The van der Waals surface area contributed by atoms with Gasteiger partial charge in [0.15, 0.2) is 0 Å². The van der Waals surface area contributed by atoms with Crippen molar-refractivity contribution in [3.05, 3.63) is 29.8 Å². The van der Waals surface area contributed by atoms with Gasteiger partial charge in [-0.1, -0.05) is 31.7 Å². The predicted octanol–water partition coefficient (Wildman–Crippen LogP) is 2.92. The predicted molar refractivity (Wildman–Crippen MR) is 93.4 cm³/mol. The number of rotatable bonds is 4. The van der Waals surface area contributed by atoms with E-state index < -0.39 is 10.0 Å². The lowest BCUT2D eigenvalue weighted by Crippen LogP contribution is -2.33. The SMILES string of the molecule is O=C(c1cccc(S(=O)(=O)NC2CCCC2)c1)N1CCCCCC1. The van der Waals surface area contributed by atoms with E-state index in [1.54, 1.807) is 18.2 Å². The number of hydrogen-bond donors (Lipinski definition) is 1. The molecule has 2 fully saturated rings. The van der Waals surface area contributed by atoms with Gasteiger partial charge in [-0.2, -0.15) is 0 Å². The van der Waals surface area contributed by atoms with Crippen LogP contribution in [-0.2, 0) is 10.0 Å². The first-order valence-electron chi connectivity index (χ1n) is 8.98. The number of amides is 1. The van der Waals surface area contributed by atoms with E-state index >= 15 is 0 Å². The minimum Gasteiger partial charge on any atom is -0.339 e. The molecule has 1 saturated heterocycles. The van der Waals surface area contributed by atoms with Gasteiger partial charge < -0.3 is 4.90 Å². The Balaban J connectivity index is 1.76. The summed E-state index contributed by atoms with van der Waals surface area (Å²) in [6.07, 6.45) is 8.28.